The van der Waals surface area contributed by atoms with Crippen LogP contribution in [0.1, 0.15) is 28.8 Å². The van der Waals surface area contributed by atoms with Crippen molar-refractivity contribution >= 4 is 5.91 Å². The average Bonchev–Trinajstić information content (AvgIpc) is 2.99. The van der Waals surface area contributed by atoms with Crippen LogP contribution in [0.15, 0.2) is 24.3 Å². The summed E-state index contributed by atoms with van der Waals surface area (Å²) < 4.78 is 0. The lowest BCUT2D eigenvalue weighted by atomic mass is 10.0. The molecule has 2 fully saturated rings. The van der Waals surface area contributed by atoms with Gasteiger partial charge in [0.2, 0.25) is 0 Å². The molecule has 3 heteroatoms. The lowest BCUT2D eigenvalue weighted by Crippen LogP contribution is -2.47. The quantitative estimate of drug-likeness (QED) is 0.795. The second kappa shape index (κ2) is 3.57. The van der Waals surface area contributed by atoms with Crippen molar-refractivity contribution in [1.29, 1.82) is 0 Å². The number of piperidine rings is 1. The van der Waals surface area contributed by atoms with Crippen molar-refractivity contribution in [2.24, 2.45) is 11.7 Å². The molecule has 2 N–H and O–H groups in total. The highest BCUT2D eigenvalue weighted by Gasteiger charge is 2.54. The Morgan fingerprint density at radius 1 is 1.41 bits per heavy atom. The molecule has 0 bridgehead atoms. The molecule has 2 aliphatic rings. The first-order chi connectivity index (χ1) is 8.08. The van der Waals surface area contributed by atoms with Gasteiger partial charge in [-0.3, -0.25) is 4.79 Å². The Kier molecular flexibility index (Phi) is 2.26. The SMILES string of the molecule is Cc1ccc(C(=O)N2CC[C@@H]3C[C@]3(N)C2)cc1. The van der Waals surface area contributed by atoms with Crippen molar-refractivity contribution in [3.05, 3.63) is 35.4 Å². The summed E-state index contributed by atoms with van der Waals surface area (Å²) in [6.07, 6.45) is 2.15. The van der Waals surface area contributed by atoms with Crippen molar-refractivity contribution in [2.75, 3.05) is 13.1 Å². The average molecular weight is 230 g/mol. The number of likely N-dealkylation sites (tertiary alicyclic amines) is 1. The minimum atomic E-state index is -0.0708. The summed E-state index contributed by atoms with van der Waals surface area (Å²) >= 11 is 0. The summed E-state index contributed by atoms with van der Waals surface area (Å²) in [5.74, 6) is 0.782. The molecule has 90 valence electrons. The number of carbonyl (C=O) groups is 1. The molecule has 3 nitrogen and oxygen atoms in total. The van der Waals surface area contributed by atoms with Gasteiger partial charge in [-0.2, -0.15) is 0 Å². The smallest absolute Gasteiger partial charge is 0.253 e. The molecule has 0 spiro atoms. The second-order valence-corrected chi connectivity index (χ2v) is 5.52. The standard InChI is InChI=1S/C14H18N2O/c1-10-2-4-11(5-3-10)13(17)16-7-6-12-8-14(12,15)9-16/h2-5,12H,6-9,15H2,1H3/t12-,14+/m1/s1. The number of hydrogen-bond donors (Lipinski definition) is 1. The fourth-order valence-corrected chi connectivity index (χ4v) is 2.78. The van der Waals surface area contributed by atoms with Crippen LogP contribution in [-0.2, 0) is 0 Å². The van der Waals surface area contributed by atoms with Gasteiger partial charge in [-0.1, -0.05) is 17.7 Å². The molecule has 2 atom stereocenters. The van der Waals surface area contributed by atoms with Crippen LogP contribution in [0.2, 0.25) is 0 Å². The van der Waals surface area contributed by atoms with Gasteiger partial charge in [-0.15, -0.1) is 0 Å². The molecule has 1 heterocycles. The van der Waals surface area contributed by atoms with Gasteiger partial charge in [0.15, 0.2) is 0 Å². The maximum atomic E-state index is 12.3. The van der Waals surface area contributed by atoms with E-state index < -0.39 is 0 Å². The lowest BCUT2D eigenvalue weighted by Gasteiger charge is -2.30. The summed E-state index contributed by atoms with van der Waals surface area (Å²) in [6, 6.07) is 7.77. The van der Waals surface area contributed by atoms with Crippen molar-refractivity contribution in [1.82, 2.24) is 4.90 Å². The molecule has 1 aliphatic heterocycles. The van der Waals surface area contributed by atoms with Gasteiger partial charge < -0.3 is 10.6 Å². The van der Waals surface area contributed by atoms with Crippen LogP contribution in [0.4, 0.5) is 0 Å². The van der Waals surface area contributed by atoms with Gasteiger partial charge in [-0.05, 0) is 37.8 Å². The number of rotatable bonds is 1. The van der Waals surface area contributed by atoms with Crippen LogP contribution >= 0.6 is 0 Å². The summed E-state index contributed by atoms with van der Waals surface area (Å²) in [4.78, 5) is 14.2. The Balaban J connectivity index is 1.76. The molecule has 1 aromatic carbocycles. The molecule has 17 heavy (non-hydrogen) atoms. The third-order valence-corrected chi connectivity index (χ3v) is 4.10. The Labute approximate surface area is 102 Å². The van der Waals surface area contributed by atoms with Crippen molar-refractivity contribution < 1.29 is 4.79 Å². The maximum Gasteiger partial charge on any atom is 0.253 e. The highest BCUT2D eigenvalue weighted by Crippen LogP contribution is 2.47. The van der Waals surface area contributed by atoms with E-state index in [1.165, 1.54) is 5.56 Å². The zero-order valence-corrected chi connectivity index (χ0v) is 10.1. The molecule has 0 unspecified atom stereocenters. The summed E-state index contributed by atoms with van der Waals surface area (Å²) in [5, 5.41) is 0. The minimum Gasteiger partial charge on any atom is -0.337 e. The number of nitrogens with two attached hydrogens (primary N) is 1. The molecular formula is C14H18N2O. The number of amides is 1. The van der Waals surface area contributed by atoms with Crippen LogP contribution in [0.25, 0.3) is 0 Å². The molecule has 1 saturated carbocycles. The Morgan fingerprint density at radius 3 is 2.76 bits per heavy atom. The molecule has 1 amide bonds. The maximum absolute atomic E-state index is 12.3. The highest BCUT2D eigenvalue weighted by molar-refractivity contribution is 5.94. The Bertz CT molecular complexity index is 454. The first kappa shape index (κ1) is 10.8. The monoisotopic (exact) mass is 230 g/mol. The minimum absolute atomic E-state index is 0.0708. The summed E-state index contributed by atoms with van der Waals surface area (Å²) in [7, 11) is 0. The van der Waals surface area contributed by atoms with Crippen LogP contribution in [0.5, 0.6) is 0 Å². The molecule has 1 saturated heterocycles. The normalized spacial score (nSPS) is 30.9. The van der Waals surface area contributed by atoms with E-state index >= 15 is 0 Å². The molecule has 1 aliphatic carbocycles. The predicted molar refractivity (Wildman–Crippen MR) is 66.7 cm³/mol. The zero-order chi connectivity index (χ0) is 12.0. The zero-order valence-electron chi connectivity index (χ0n) is 10.1. The van der Waals surface area contributed by atoms with Gasteiger partial charge in [0, 0.05) is 24.2 Å². The number of fused-ring (bicyclic) bond motifs is 1. The summed E-state index contributed by atoms with van der Waals surface area (Å²) in [5.41, 5.74) is 8.07. The van der Waals surface area contributed by atoms with E-state index in [1.807, 2.05) is 36.1 Å². The largest absolute Gasteiger partial charge is 0.337 e. The fourth-order valence-electron chi connectivity index (χ4n) is 2.78. The van der Waals surface area contributed by atoms with Gasteiger partial charge in [0.1, 0.15) is 0 Å². The van der Waals surface area contributed by atoms with E-state index in [-0.39, 0.29) is 11.4 Å². The fraction of sp³-hybridized carbons (Fsp3) is 0.500. The second-order valence-electron chi connectivity index (χ2n) is 5.52. The van der Waals surface area contributed by atoms with Gasteiger partial charge in [0.05, 0.1) is 0 Å². The first-order valence-electron chi connectivity index (χ1n) is 6.23. The third kappa shape index (κ3) is 1.84. The number of nitrogens with zero attached hydrogens (tertiary/aromatic N) is 1. The molecule has 3 rings (SSSR count). The van der Waals surface area contributed by atoms with Crippen LogP contribution in [0, 0.1) is 12.8 Å². The third-order valence-electron chi connectivity index (χ3n) is 4.10. The van der Waals surface area contributed by atoms with E-state index in [9.17, 15) is 4.79 Å². The van der Waals surface area contributed by atoms with Crippen molar-refractivity contribution in [3.63, 3.8) is 0 Å². The van der Waals surface area contributed by atoms with Crippen LogP contribution in [0.3, 0.4) is 0 Å². The number of carbonyl (C=O) groups excluding carboxylic acids is 1. The van der Waals surface area contributed by atoms with Crippen molar-refractivity contribution in [3.8, 4) is 0 Å². The Hall–Kier alpha value is -1.35. The molecule has 1 aromatic rings. The molecule has 0 aromatic heterocycles. The molecular weight excluding hydrogens is 212 g/mol. The van der Waals surface area contributed by atoms with E-state index in [1.54, 1.807) is 0 Å². The number of hydrogen-bond acceptors (Lipinski definition) is 2. The van der Waals surface area contributed by atoms with Gasteiger partial charge in [-0.25, -0.2) is 0 Å². The topological polar surface area (TPSA) is 46.3 Å². The van der Waals surface area contributed by atoms with E-state index in [0.29, 0.717) is 5.92 Å². The first-order valence-corrected chi connectivity index (χ1v) is 6.23. The van der Waals surface area contributed by atoms with Gasteiger partial charge in [0.25, 0.3) is 5.91 Å². The van der Waals surface area contributed by atoms with E-state index in [2.05, 4.69) is 0 Å². The van der Waals surface area contributed by atoms with Crippen molar-refractivity contribution in [2.45, 2.75) is 25.3 Å². The van der Waals surface area contributed by atoms with Gasteiger partial charge >= 0.3 is 0 Å². The summed E-state index contributed by atoms with van der Waals surface area (Å²) in [6.45, 7) is 3.61. The Morgan fingerprint density at radius 2 is 2.12 bits per heavy atom. The van der Waals surface area contributed by atoms with E-state index in [4.69, 9.17) is 5.73 Å². The highest BCUT2D eigenvalue weighted by atomic mass is 16.2. The van der Waals surface area contributed by atoms with Crippen LogP contribution < -0.4 is 5.73 Å². The lowest BCUT2D eigenvalue weighted by molar-refractivity contribution is 0.0703. The van der Waals surface area contributed by atoms with E-state index in [0.717, 1.165) is 31.5 Å². The molecule has 0 radical (unpaired) electrons. The number of aryl methyl sites for hydroxylation is 1. The van der Waals surface area contributed by atoms with Crippen LogP contribution in [-0.4, -0.2) is 29.4 Å². The number of benzene rings is 1. The predicted octanol–water partition coefficient (Wildman–Crippen LogP) is 1.56.